The summed E-state index contributed by atoms with van der Waals surface area (Å²) in [5.74, 6) is 1.11. The summed E-state index contributed by atoms with van der Waals surface area (Å²) < 4.78 is 5.52. The van der Waals surface area contributed by atoms with Crippen LogP contribution in [0.3, 0.4) is 0 Å². The highest BCUT2D eigenvalue weighted by molar-refractivity contribution is 6.31. The van der Waals surface area contributed by atoms with Crippen LogP contribution in [-0.2, 0) is 0 Å². The highest BCUT2D eigenvalue weighted by Crippen LogP contribution is 2.26. The second-order valence-corrected chi connectivity index (χ2v) is 5.11. The Kier molecular flexibility index (Phi) is 4.22. The van der Waals surface area contributed by atoms with Gasteiger partial charge in [0, 0.05) is 0 Å². The van der Waals surface area contributed by atoms with Crippen LogP contribution in [-0.4, -0.2) is 15.0 Å². The molecular weight excluding hydrogens is 285 g/mol. The van der Waals surface area contributed by atoms with Gasteiger partial charge in [0.15, 0.2) is 0 Å². The average molecular weight is 298 g/mol. The van der Waals surface area contributed by atoms with Crippen molar-refractivity contribution in [2.24, 2.45) is 0 Å². The van der Waals surface area contributed by atoms with Gasteiger partial charge >= 0.3 is 6.01 Å². The molecule has 0 saturated carbocycles. The summed E-state index contributed by atoms with van der Waals surface area (Å²) in [6, 6.07) is 5.91. The third kappa shape index (κ3) is 3.55. The maximum atomic E-state index is 5.69. The zero-order valence-corrected chi connectivity index (χ0v) is 12.3. The first-order valence-corrected chi connectivity index (χ1v) is 6.57. The fourth-order valence-electron chi connectivity index (χ4n) is 1.82. The predicted octanol–water partition coefficient (Wildman–Crippen LogP) is 4.40. The molecule has 2 aromatic rings. The van der Waals surface area contributed by atoms with Crippen LogP contribution in [0.15, 0.2) is 18.2 Å². The van der Waals surface area contributed by atoms with Gasteiger partial charge in [0.2, 0.25) is 10.6 Å². The zero-order valence-electron chi connectivity index (χ0n) is 10.8. The molecule has 0 amide bonds. The summed E-state index contributed by atoms with van der Waals surface area (Å²) in [5.41, 5.74) is 2.43. The van der Waals surface area contributed by atoms with Gasteiger partial charge in [0.05, 0.1) is 0 Å². The minimum Gasteiger partial charge on any atom is -0.424 e. The minimum atomic E-state index is 0.00511. The standard InChI is InChI=1S/C13H13Cl2N3O/c1-7(2)10-5-4-9(6-8(10)3)19-13-17-11(14)16-12(15)18-13/h4-7H,1-3H3. The number of hydrogen-bond acceptors (Lipinski definition) is 4. The van der Waals surface area contributed by atoms with Crippen molar-refractivity contribution in [2.45, 2.75) is 26.7 Å². The van der Waals surface area contributed by atoms with Gasteiger partial charge in [-0.1, -0.05) is 19.9 Å². The monoisotopic (exact) mass is 297 g/mol. The zero-order chi connectivity index (χ0) is 14.0. The Morgan fingerprint density at radius 3 is 2.21 bits per heavy atom. The topological polar surface area (TPSA) is 47.9 Å². The van der Waals surface area contributed by atoms with Crippen molar-refractivity contribution in [2.75, 3.05) is 0 Å². The van der Waals surface area contributed by atoms with Gasteiger partial charge in [-0.3, -0.25) is 0 Å². The van der Waals surface area contributed by atoms with E-state index in [9.17, 15) is 0 Å². The van der Waals surface area contributed by atoms with Crippen LogP contribution in [0.4, 0.5) is 0 Å². The van der Waals surface area contributed by atoms with Crippen LogP contribution < -0.4 is 4.74 Å². The number of aryl methyl sites for hydroxylation is 1. The van der Waals surface area contributed by atoms with Crippen molar-refractivity contribution in [3.8, 4) is 11.8 Å². The molecule has 19 heavy (non-hydrogen) atoms. The van der Waals surface area contributed by atoms with Gasteiger partial charge in [-0.05, 0) is 59.3 Å². The van der Waals surface area contributed by atoms with Crippen molar-refractivity contribution in [3.05, 3.63) is 39.9 Å². The quantitative estimate of drug-likeness (QED) is 0.842. The molecule has 0 fully saturated rings. The number of rotatable bonds is 3. The molecule has 0 aliphatic carbocycles. The second kappa shape index (κ2) is 5.72. The van der Waals surface area contributed by atoms with E-state index in [4.69, 9.17) is 27.9 Å². The Labute approximate surface area is 121 Å². The molecule has 1 heterocycles. The number of halogens is 2. The molecular formula is C13H13Cl2N3O. The lowest BCUT2D eigenvalue weighted by atomic mass is 9.98. The first-order valence-electron chi connectivity index (χ1n) is 5.81. The van der Waals surface area contributed by atoms with Crippen molar-refractivity contribution in [3.63, 3.8) is 0 Å². The van der Waals surface area contributed by atoms with E-state index in [1.54, 1.807) is 0 Å². The third-order valence-electron chi connectivity index (χ3n) is 2.63. The molecule has 0 bridgehead atoms. The lowest BCUT2D eigenvalue weighted by Gasteiger charge is -2.11. The van der Waals surface area contributed by atoms with Crippen LogP contribution in [0.5, 0.6) is 11.8 Å². The fourth-order valence-corrected chi connectivity index (χ4v) is 2.17. The molecule has 0 atom stereocenters. The van der Waals surface area contributed by atoms with E-state index < -0.39 is 0 Å². The van der Waals surface area contributed by atoms with Gasteiger partial charge in [-0.2, -0.15) is 15.0 Å². The molecule has 0 unspecified atom stereocenters. The Balaban J connectivity index is 2.26. The largest absolute Gasteiger partial charge is 0.424 e. The SMILES string of the molecule is Cc1cc(Oc2nc(Cl)nc(Cl)n2)ccc1C(C)C. The van der Waals surface area contributed by atoms with Crippen LogP contribution in [0.1, 0.15) is 30.9 Å². The molecule has 1 aromatic carbocycles. The lowest BCUT2D eigenvalue weighted by Crippen LogP contribution is -1.97. The summed E-state index contributed by atoms with van der Waals surface area (Å²) in [4.78, 5) is 11.4. The molecule has 0 saturated heterocycles. The summed E-state index contributed by atoms with van der Waals surface area (Å²) in [7, 11) is 0. The van der Waals surface area contributed by atoms with Crippen molar-refractivity contribution < 1.29 is 4.74 Å². The number of nitrogens with zero attached hydrogens (tertiary/aromatic N) is 3. The van der Waals surface area contributed by atoms with Gasteiger partial charge in [0.25, 0.3) is 0 Å². The summed E-state index contributed by atoms with van der Waals surface area (Å²) in [5, 5.41) is 0.0102. The fraction of sp³-hybridized carbons (Fsp3) is 0.308. The van der Waals surface area contributed by atoms with Crippen molar-refractivity contribution in [1.29, 1.82) is 0 Å². The summed E-state index contributed by atoms with van der Waals surface area (Å²) >= 11 is 11.4. The van der Waals surface area contributed by atoms with E-state index in [-0.39, 0.29) is 16.6 Å². The maximum absolute atomic E-state index is 5.69. The smallest absolute Gasteiger partial charge is 0.327 e. The maximum Gasteiger partial charge on any atom is 0.327 e. The van der Waals surface area contributed by atoms with Crippen LogP contribution in [0.2, 0.25) is 10.6 Å². The van der Waals surface area contributed by atoms with Crippen LogP contribution >= 0.6 is 23.2 Å². The Bertz CT molecular complexity index is 582. The van der Waals surface area contributed by atoms with E-state index in [1.165, 1.54) is 5.56 Å². The minimum absolute atomic E-state index is 0.00511. The van der Waals surface area contributed by atoms with E-state index in [0.29, 0.717) is 11.7 Å². The molecule has 4 nitrogen and oxygen atoms in total. The molecule has 100 valence electrons. The molecule has 0 radical (unpaired) electrons. The number of ether oxygens (including phenoxy) is 1. The Hall–Kier alpha value is -1.39. The van der Waals surface area contributed by atoms with E-state index in [1.807, 2.05) is 25.1 Å². The van der Waals surface area contributed by atoms with Gasteiger partial charge in [-0.25, -0.2) is 0 Å². The Morgan fingerprint density at radius 1 is 1.05 bits per heavy atom. The van der Waals surface area contributed by atoms with E-state index in [2.05, 4.69) is 28.8 Å². The van der Waals surface area contributed by atoms with E-state index in [0.717, 1.165) is 5.56 Å². The van der Waals surface area contributed by atoms with Gasteiger partial charge in [-0.15, -0.1) is 0 Å². The molecule has 1 aromatic heterocycles. The molecule has 6 heteroatoms. The van der Waals surface area contributed by atoms with Gasteiger partial charge in [0.1, 0.15) is 5.75 Å². The van der Waals surface area contributed by atoms with Gasteiger partial charge < -0.3 is 4.74 Å². The summed E-state index contributed by atoms with van der Waals surface area (Å²) in [6.07, 6.45) is 0. The first kappa shape index (κ1) is 14.0. The highest BCUT2D eigenvalue weighted by atomic mass is 35.5. The summed E-state index contributed by atoms with van der Waals surface area (Å²) in [6.45, 7) is 6.33. The molecule has 0 spiro atoms. The molecule has 0 aliphatic rings. The highest BCUT2D eigenvalue weighted by Gasteiger charge is 2.08. The number of benzene rings is 1. The average Bonchev–Trinajstić information content (AvgIpc) is 2.26. The van der Waals surface area contributed by atoms with Crippen LogP contribution in [0.25, 0.3) is 0 Å². The van der Waals surface area contributed by atoms with E-state index >= 15 is 0 Å². The second-order valence-electron chi connectivity index (χ2n) is 4.43. The number of aromatic nitrogens is 3. The van der Waals surface area contributed by atoms with Crippen molar-refractivity contribution in [1.82, 2.24) is 15.0 Å². The molecule has 0 N–H and O–H groups in total. The first-order chi connectivity index (χ1) is 8.95. The third-order valence-corrected chi connectivity index (χ3v) is 2.97. The molecule has 2 rings (SSSR count). The molecule has 0 aliphatic heterocycles. The number of hydrogen-bond donors (Lipinski definition) is 0. The normalized spacial score (nSPS) is 10.8. The predicted molar refractivity (Wildman–Crippen MR) is 75.2 cm³/mol. The lowest BCUT2D eigenvalue weighted by molar-refractivity contribution is 0.439. The van der Waals surface area contributed by atoms with Crippen molar-refractivity contribution >= 4 is 23.2 Å². The van der Waals surface area contributed by atoms with Crippen LogP contribution in [0, 0.1) is 6.92 Å². The Morgan fingerprint density at radius 2 is 1.68 bits per heavy atom.